The van der Waals surface area contributed by atoms with Crippen LogP contribution in [0.15, 0.2) is 0 Å². The summed E-state index contributed by atoms with van der Waals surface area (Å²) in [5.74, 6) is 1.98. The molecule has 1 saturated carbocycles. The molecule has 2 aliphatic rings. The number of aromatic nitrogens is 3. The lowest BCUT2D eigenvalue weighted by atomic mass is 9.75. The first-order valence-corrected chi connectivity index (χ1v) is 7.16. The Morgan fingerprint density at radius 1 is 1.11 bits per heavy atom. The lowest BCUT2D eigenvalue weighted by molar-refractivity contribution is 0.305. The molecule has 5 nitrogen and oxygen atoms in total. The van der Waals surface area contributed by atoms with Gasteiger partial charge in [0.1, 0.15) is 5.82 Å². The van der Waals surface area contributed by atoms with Crippen molar-refractivity contribution in [2.45, 2.75) is 44.4 Å². The first-order chi connectivity index (χ1) is 8.78. The highest BCUT2D eigenvalue weighted by Crippen LogP contribution is 2.37. The van der Waals surface area contributed by atoms with Gasteiger partial charge in [0, 0.05) is 31.6 Å². The minimum absolute atomic E-state index is 0.220. The monoisotopic (exact) mass is 249 g/mol. The van der Waals surface area contributed by atoms with Gasteiger partial charge < -0.3 is 10.2 Å². The van der Waals surface area contributed by atoms with Crippen molar-refractivity contribution in [3.8, 4) is 0 Å². The van der Waals surface area contributed by atoms with Gasteiger partial charge in [-0.15, -0.1) is 5.10 Å². The molecule has 0 radical (unpaired) electrons. The predicted molar refractivity (Wildman–Crippen MR) is 71.9 cm³/mol. The van der Waals surface area contributed by atoms with E-state index in [4.69, 9.17) is 4.98 Å². The molecular weight excluding hydrogens is 226 g/mol. The zero-order valence-corrected chi connectivity index (χ0v) is 11.2. The summed E-state index contributed by atoms with van der Waals surface area (Å²) in [5.41, 5.74) is 0.220. The molecule has 1 saturated heterocycles. The van der Waals surface area contributed by atoms with Crippen LogP contribution in [0.25, 0.3) is 0 Å². The van der Waals surface area contributed by atoms with E-state index in [2.05, 4.69) is 27.3 Å². The number of anilines is 1. The topological polar surface area (TPSA) is 56.8 Å². The van der Waals surface area contributed by atoms with Crippen LogP contribution in [0.3, 0.4) is 0 Å². The molecule has 2 N–H and O–H groups in total. The molecule has 1 aromatic rings. The Balaban J connectivity index is 1.75. The fraction of sp³-hybridized carbons (Fsp3) is 0.846. The maximum atomic E-state index is 4.76. The summed E-state index contributed by atoms with van der Waals surface area (Å²) in [6.07, 6.45) is 6.49. The second kappa shape index (κ2) is 4.88. The first kappa shape index (κ1) is 12.0. The molecule has 1 aliphatic carbocycles. The lowest BCUT2D eigenvalue weighted by Gasteiger charge is -2.31. The number of piperazine rings is 1. The summed E-state index contributed by atoms with van der Waals surface area (Å²) in [4.78, 5) is 7.03. The standard InChI is InChI=1S/C13H23N5/c1-13(5-3-2-4-6-13)11-15-12(17-16-11)18-9-7-14-8-10-18/h14H,2-10H2,1H3,(H,15,16,17). The number of nitrogens with one attached hydrogen (secondary N) is 2. The number of hydrogen-bond acceptors (Lipinski definition) is 4. The minimum atomic E-state index is 0.220. The van der Waals surface area contributed by atoms with Gasteiger partial charge in [0.15, 0.2) is 0 Å². The van der Waals surface area contributed by atoms with Crippen LogP contribution in [0.2, 0.25) is 0 Å². The van der Waals surface area contributed by atoms with Crippen LogP contribution in [-0.4, -0.2) is 41.4 Å². The van der Waals surface area contributed by atoms with Crippen molar-refractivity contribution in [1.29, 1.82) is 0 Å². The Bertz CT molecular complexity index is 388. The lowest BCUT2D eigenvalue weighted by Crippen LogP contribution is -2.44. The van der Waals surface area contributed by atoms with Gasteiger partial charge in [0.2, 0.25) is 5.95 Å². The highest BCUT2D eigenvalue weighted by Gasteiger charge is 2.32. The summed E-state index contributed by atoms with van der Waals surface area (Å²) in [5, 5.41) is 11.0. The van der Waals surface area contributed by atoms with Crippen LogP contribution in [0.5, 0.6) is 0 Å². The Hall–Kier alpha value is -1.10. The van der Waals surface area contributed by atoms with Gasteiger partial charge >= 0.3 is 0 Å². The number of rotatable bonds is 2. The molecule has 0 amide bonds. The third-order valence-corrected chi connectivity index (χ3v) is 4.40. The van der Waals surface area contributed by atoms with Crippen molar-refractivity contribution in [2.24, 2.45) is 0 Å². The Morgan fingerprint density at radius 2 is 1.83 bits per heavy atom. The average molecular weight is 249 g/mol. The van der Waals surface area contributed by atoms with Gasteiger partial charge in [0.25, 0.3) is 0 Å². The maximum Gasteiger partial charge on any atom is 0.244 e. The summed E-state index contributed by atoms with van der Waals surface area (Å²) in [7, 11) is 0. The largest absolute Gasteiger partial charge is 0.337 e. The normalized spacial score (nSPS) is 24.2. The smallest absolute Gasteiger partial charge is 0.244 e. The fourth-order valence-corrected chi connectivity index (χ4v) is 3.10. The van der Waals surface area contributed by atoms with Crippen molar-refractivity contribution < 1.29 is 0 Å². The van der Waals surface area contributed by atoms with Crippen molar-refractivity contribution in [3.05, 3.63) is 5.82 Å². The van der Waals surface area contributed by atoms with Gasteiger partial charge in [-0.1, -0.05) is 26.2 Å². The van der Waals surface area contributed by atoms with Crippen LogP contribution >= 0.6 is 0 Å². The van der Waals surface area contributed by atoms with Gasteiger partial charge in [0.05, 0.1) is 0 Å². The zero-order valence-electron chi connectivity index (χ0n) is 11.2. The third kappa shape index (κ3) is 2.23. The molecule has 5 heteroatoms. The van der Waals surface area contributed by atoms with Crippen LogP contribution in [0.4, 0.5) is 5.95 Å². The highest BCUT2D eigenvalue weighted by molar-refractivity contribution is 5.31. The summed E-state index contributed by atoms with van der Waals surface area (Å²) < 4.78 is 0. The highest BCUT2D eigenvalue weighted by atomic mass is 15.4. The van der Waals surface area contributed by atoms with Gasteiger partial charge in [-0.2, -0.15) is 4.98 Å². The number of aromatic amines is 1. The van der Waals surface area contributed by atoms with E-state index in [1.54, 1.807) is 0 Å². The van der Waals surface area contributed by atoms with Gasteiger partial charge in [-0.25, -0.2) is 0 Å². The van der Waals surface area contributed by atoms with Crippen molar-refractivity contribution in [1.82, 2.24) is 20.5 Å². The quantitative estimate of drug-likeness (QED) is 0.832. The Kier molecular flexibility index (Phi) is 3.24. The van der Waals surface area contributed by atoms with Crippen molar-refractivity contribution in [3.63, 3.8) is 0 Å². The zero-order chi connectivity index (χ0) is 12.4. The minimum Gasteiger partial charge on any atom is -0.337 e. The van der Waals surface area contributed by atoms with E-state index in [0.717, 1.165) is 38.0 Å². The summed E-state index contributed by atoms with van der Waals surface area (Å²) in [6, 6.07) is 0. The van der Waals surface area contributed by atoms with E-state index >= 15 is 0 Å². The average Bonchev–Trinajstić information content (AvgIpc) is 2.91. The molecule has 3 rings (SSSR count). The van der Waals surface area contributed by atoms with E-state index in [1.807, 2.05) is 0 Å². The van der Waals surface area contributed by atoms with E-state index in [9.17, 15) is 0 Å². The van der Waals surface area contributed by atoms with E-state index in [-0.39, 0.29) is 5.41 Å². The third-order valence-electron chi connectivity index (χ3n) is 4.40. The second-order valence-electron chi connectivity index (χ2n) is 5.84. The Morgan fingerprint density at radius 3 is 2.56 bits per heavy atom. The number of H-pyrrole nitrogens is 1. The summed E-state index contributed by atoms with van der Waals surface area (Å²) in [6.45, 7) is 6.40. The van der Waals surface area contributed by atoms with Crippen LogP contribution in [-0.2, 0) is 5.41 Å². The number of hydrogen-bond donors (Lipinski definition) is 2. The van der Waals surface area contributed by atoms with Crippen LogP contribution < -0.4 is 10.2 Å². The van der Waals surface area contributed by atoms with Crippen LogP contribution in [0, 0.1) is 0 Å². The second-order valence-corrected chi connectivity index (χ2v) is 5.84. The van der Waals surface area contributed by atoms with Crippen molar-refractivity contribution in [2.75, 3.05) is 31.1 Å². The SMILES string of the molecule is CC1(c2nc(N3CCNCC3)n[nH]2)CCCCC1. The first-order valence-electron chi connectivity index (χ1n) is 7.16. The molecule has 2 heterocycles. The van der Waals surface area contributed by atoms with E-state index in [1.165, 1.54) is 32.1 Å². The maximum absolute atomic E-state index is 4.76. The molecule has 1 aromatic heterocycles. The summed E-state index contributed by atoms with van der Waals surface area (Å²) >= 11 is 0. The van der Waals surface area contributed by atoms with Gasteiger partial charge in [-0.3, -0.25) is 5.10 Å². The molecule has 0 bridgehead atoms. The number of nitrogens with zero attached hydrogens (tertiary/aromatic N) is 3. The Labute approximate surface area is 108 Å². The van der Waals surface area contributed by atoms with E-state index < -0.39 is 0 Å². The molecular formula is C13H23N5. The molecule has 18 heavy (non-hydrogen) atoms. The molecule has 100 valence electrons. The molecule has 0 unspecified atom stereocenters. The van der Waals surface area contributed by atoms with Crippen molar-refractivity contribution >= 4 is 5.95 Å². The van der Waals surface area contributed by atoms with E-state index in [0.29, 0.717) is 0 Å². The molecule has 0 aromatic carbocycles. The predicted octanol–water partition coefficient (Wildman–Crippen LogP) is 1.44. The van der Waals surface area contributed by atoms with Crippen LogP contribution in [0.1, 0.15) is 44.9 Å². The van der Waals surface area contributed by atoms with Gasteiger partial charge in [-0.05, 0) is 12.8 Å². The molecule has 0 spiro atoms. The molecule has 2 fully saturated rings. The fourth-order valence-electron chi connectivity index (χ4n) is 3.10. The molecule has 1 aliphatic heterocycles. The molecule has 0 atom stereocenters.